The molecule has 5 nitrogen and oxygen atoms in total. The van der Waals surface area contributed by atoms with E-state index in [2.05, 4.69) is 15.0 Å². The molecule has 0 aliphatic rings. The van der Waals surface area contributed by atoms with Crippen LogP contribution in [0.5, 0.6) is 11.5 Å². The second-order valence-corrected chi connectivity index (χ2v) is 6.13. The van der Waals surface area contributed by atoms with E-state index in [0.29, 0.717) is 12.1 Å². The zero-order valence-corrected chi connectivity index (χ0v) is 16.1. The highest BCUT2D eigenvalue weighted by atomic mass is 19.3. The Morgan fingerprint density at radius 1 is 1.18 bits per heavy atom. The predicted molar refractivity (Wildman–Crippen MR) is 106 cm³/mol. The highest BCUT2D eigenvalue weighted by Crippen LogP contribution is 2.33. The number of anilines is 1. The Kier molecular flexibility index (Phi) is 7.80. The van der Waals surface area contributed by atoms with Gasteiger partial charge in [-0.3, -0.25) is 4.79 Å². The van der Waals surface area contributed by atoms with Crippen molar-refractivity contribution in [1.82, 2.24) is 5.32 Å². The van der Waals surface area contributed by atoms with E-state index in [9.17, 15) is 13.6 Å². The number of amides is 1. The molecule has 1 unspecified atom stereocenters. The molecule has 1 N–H and O–H groups in total. The zero-order valence-electron chi connectivity index (χ0n) is 16.1. The molecule has 0 spiro atoms. The fourth-order valence-electron chi connectivity index (χ4n) is 2.57. The van der Waals surface area contributed by atoms with Crippen LogP contribution in [0, 0.1) is 0 Å². The van der Waals surface area contributed by atoms with E-state index in [1.54, 1.807) is 12.1 Å². The van der Waals surface area contributed by atoms with Crippen molar-refractivity contribution in [2.45, 2.75) is 19.6 Å². The number of ether oxygens (including phenoxy) is 2. The third kappa shape index (κ3) is 5.97. The number of carbonyl (C=O) groups excluding carboxylic acids is 1. The molecule has 7 heteroatoms. The van der Waals surface area contributed by atoms with Gasteiger partial charge in [0.15, 0.2) is 11.5 Å². The molecule has 0 aliphatic carbocycles. The Labute approximate surface area is 163 Å². The SMILES string of the molecule is COc1cccc(C=CC(=O)NCC(C)N(C)c2ccccc2)c1OC(F)F. The first kappa shape index (κ1) is 21.2. The van der Waals surface area contributed by atoms with Crippen molar-refractivity contribution in [2.75, 3.05) is 25.6 Å². The summed E-state index contributed by atoms with van der Waals surface area (Å²) >= 11 is 0. The average Bonchev–Trinajstić information content (AvgIpc) is 2.70. The standard InChI is InChI=1S/C21H24F2N2O3/c1-15(25(2)17-9-5-4-6-10-17)14-24-19(26)13-12-16-8-7-11-18(27-3)20(16)28-21(22)23/h4-13,15,21H,14H2,1-3H3,(H,24,26). The van der Waals surface area contributed by atoms with Gasteiger partial charge in [0, 0.05) is 37.0 Å². The lowest BCUT2D eigenvalue weighted by Gasteiger charge is -2.27. The Hall–Kier alpha value is -3.09. The summed E-state index contributed by atoms with van der Waals surface area (Å²) in [5.74, 6) is -0.277. The zero-order chi connectivity index (χ0) is 20.5. The molecule has 0 saturated heterocycles. The molecule has 0 saturated carbocycles. The van der Waals surface area contributed by atoms with E-state index in [-0.39, 0.29) is 23.4 Å². The van der Waals surface area contributed by atoms with E-state index in [0.717, 1.165) is 5.69 Å². The van der Waals surface area contributed by atoms with Crippen LogP contribution < -0.4 is 19.7 Å². The molecule has 150 valence electrons. The Balaban J connectivity index is 1.98. The van der Waals surface area contributed by atoms with Crippen molar-refractivity contribution in [2.24, 2.45) is 0 Å². The van der Waals surface area contributed by atoms with E-state index in [1.807, 2.05) is 44.3 Å². The molecule has 1 amide bonds. The maximum absolute atomic E-state index is 12.7. The molecule has 0 aromatic heterocycles. The summed E-state index contributed by atoms with van der Waals surface area (Å²) in [6.45, 7) is -0.576. The topological polar surface area (TPSA) is 50.8 Å². The maximum atomic E-state index is 12.7. The van der Waals surface area contributed by atoms with Gasteiger partial charge in [0.25, 0.3) is 0 Å². The summed E-state index contributed by atoms with van der Waals surface area (Å²) in [6.07, 6.45) is 2.70. The molecule has 2 rings (SSSR count). The summed E-state index contributed by atoms with van der Waals surface area (Å²) < 4.78 is 34.9. The lowest BCUT2D eigenvalue weighted by atomic mass is 10.1. The van der Waals surface area contributed by atoms with E-state index in [4.69, 9.17) is 4.74 Å². The Bertz CT molecular complexity index is 797. The van der Waals surface area contributed by atoms with Gasteiger partial charge in [-0.15, -0.1) is 0 Å². The van der Waals surface area contributed by atoms with Gasteiger partial charge in [-0.1, -0.05) is 30.3 Å². The van der Waals surface area contributed by atoms with Crippen LogP contribution in [-0.4, -0.2) is 39.3 Å². The van der Waals surface area contributed by atoms with Crippen LogP contribution >= 0.6 is 0 Å². The molecule has 0 radical (unpaired) electrons. The number of hydrogen-bond acceptors (Lipinski definition) is 4. The number of rotatable bonds is 9. The van der Waals surface area contributed by atoms with Crippen LogP contribution in [0.15, 0.2) is 54.6 Å². The minimum absolute atomic E-state index is 0.0642. The lowest BCUT2D eigenvalue weighted by Crippen LogP contribution is -2.39. The first-order valence-electron chi connectivity index (χ1n) is 8.78. The summed E-state index contributed by atoms with van der Waals surface area (Å²) in [7, 11) is 3.31. The van der Waals surface area contributed by atoms with Crippen molar-refractivity contribution in [3.8, 4) is 11.5 Å². The second kappa shape index (κ2) is 10.3. The van der Waals surface area contributed by atoms with Crippen LogP contribution in [0.4, 0.5) is 14.5 Å². The fourth-order valence-corrected chi connectivity index (χ4v) is 2.57. The van der Waals surface area contributed by atoms with Crippen molar-refractivity contribution >= 4 is 17.7 Å². The number of nitrogens with one attached hydrogen (secondary N) is 1. The normalized spacial score (nSPS) is 12.1. The molecule has 0 bridgehead atoms. The quantitative estimate of drug-likeness (QED) is 0.659. The van der Waals surface area contributed by atoms with Crippen LogP contribution in [-0.2, 0) is 4.79 Å². The number of alkyl halides is 2. The van der Waals surface area contributed by atoms with Gasteiger partial charge in [-0.05, 0) is 31.2 Å². The van der Waals surface area contributed by atoms with Gasteiger partial charge in [-0.2, -0.15) is 8.78 Å². The third-order valence-corrected chi connectivity index (χ3v) is 4.25. The molecule has 1 atom stereocenters. The minimum atomic E-state index is -2.99. The van der Waals surface area contributed by atoms with Crippen molar-refractivity contribution in [3.05, 3.63) is 60.2 Å². The lowest BCUT2D eigenvalue weighted by molar-refractivity contribution is -0.116. The first-order chi connectivity index (χ1) is 13.4. The number of nitrogens with zero attached hydrogens (tertiary/aromatic N) is 1. The fraction of sp³-hybridized carbons (Fsp3) is 0.286. The molecular formula is C21H24F2N2O3. The van der Waals surface area contributed by atoms with Gasteiger partial charge in [0.1, 0.15) is 0 Å². The monoisotopic (exact) mass is 390 g/mol. The van der Waals surface area contributed by atoms with Crippen LogP contribution in [0.2, 0.25) is 0 Å². The van der Waals surface area contributed by atoms with Crippen LogP contribution in [0.1, 0.15) is 12.5 Å². The largest absolute Gasteiger partial charge is 0.493 e. The van der Waals surface area contributed by atoms with Crippen molar-refractivity contribution in [3.63, 3.8) is 0 Å². The average molecular weight is 390 g/mol. The van der Waals surface area contributed by atoms with Crippen molar-refractivity contribution in [1.29, 1.82) is 0 Å². The molecular weight excluding hydrogens is 366 g/mol. The Morgan fingerprint density at radius 3 is 2.54 bits per heavy atom. The summed E-state index contributed by atoms with van der Waals surface area (Å²) in [5.41, 5.74) is 1.37. The Morgan fingerprint density at radius 2 is 1.89 bits per heavy atom. The maximum Gasteiger partial charge on any atom is 0.387 e. The highest BCUT2D eigenvalue weighted by molar-refractivity contribution is 5.92. The van der Waals surface area contributed by atoms with Gasteiger partial charge in [-0.25, -0.2) is 0 Å². The van der Waals surface area contributed by atoms with Crippen LogP contribution in [0.25, 0.3) is 6.08 Å². The highest BCUT2D eigenvalue weighted by Gasteiger charge is 2.14. The van der Waals surface area contributed by atoms with E-state index < -0.39 is 6.61 Å². The van der Waals surface area contributed by atoms with Gasteiger partial charge < -0.3 is 19.7 Å². The number of hydrogen-bond donors (Lipinski definition) is 1. The smallest absolute Gasteiger partial charge is 0.387 e. The second-order valence-electron chi connectivity index (χ2n) is 6.13. The van der Waals surface area contributed by atoms with Crippen LogP contribution in [0.3, 0.4) is 0 Å². The minimum Gasteiger partial charge on any atom is -0.493 e. The molecule has 0 heterocycles. The number of para-hydroxylation sites is 2. The molecule has 2 aromatic carbocycles. The molecule has 0 fully saturated rings. The van der Waals surface area contributed by atoms with E-state index in [1.165, 1.54) is 25.3 Å². The van der Waals surface area contributed by atoms with Crippen molar-refractivity contribution < 1.29 is 23.0 Å². The number of benzene rings is 2. The van der Waals surface area contributed by atoms with Gasteiger partial charge in [0.05, 0.1) is 7.11 Å². The molecule has 0 aliphatic heterocycles. The van der Waals surface area contributed by atoms with E-state index >= 15 is 0 Å². The number of likely N-dealkylation sites (N-methyl/N-ethyl adjacent to an activating group) is 1. The summed E-state index contributed by atoms with van der Waals surface area (Å²) in [6, 6.07) is 14.6. The summed E-state index contributed by atoms with van der Waals surface area (Å²) in [4.78, 5) is 14.2. The molecule has 2 aromatic rings. The van der Waals surface area contributed by atoms with Gasteiger partial charge >= 0.3 is 6.61 Å². The molecule has 28 heavy (non-hydrogen) atoms. The van der Waals surface area contributed by atoms with Gasteiger partial charge in [0.2, 0.25) is 5.91 Å². The number of carbonyl (C=O) groups is 1. The first-order valence-corrected chi connectivity index (χ1v) is 8.78. The number of methoxy groups -OCH3 is 1. The number of halogens is 2. The third-order valence-electron chi connectivity index (χ3n) is 4.25. The summed E-state index contributed by atoms with van der Waals surface area (Å²) in [5, 5.41) is 2.80. The predicted octanol–water partition coefficient (Wildman–Crippen LogP) is 3.95.